The maximum absolute atomic E-state index is 12.9. The van der Waals surface area contributed by atoms with Crippen molar-refractivity contribution >= 4 is 10.0 Å². The van der Waals surface area contributed by atoms with Gasteiger partial charge in [0, 0.05) is 12.1 Å². The summed E-state index contributed by atoms with van der Waals surface area (Å²) in [6, 6.07) is 0. The van der Waals surface area contributed by atoms with E-state index in [1.807, 2.05) is 34.6 Å². The highest BCUT2D eigenvalue weighted by Crippen LogP contribution is 2.30. The molecule has 5 heteroatoms. The molecular formula is C16H26N2O2S. The molecule has 1 unspecified atom stereocenters. The van der Waals surface area contributed by atoms with Crippen molar-refractivity contribution < 1.29 is 8.42 Å². The zero-order valence-electron chi connectivity index (χ0n) is 13.8. The topological polar surface area (TPSA) is 58.2 Å². The number of rotatable bonds is 3. The Morgan fingerprint density at radius 1 is 0.952 bits per heavy atom. The van der Waals surface area contributed by atoms with E-state index in [9.17, 15) is 8.42 Å². The Bertz CT molecular complexity index is 643. The first-order valence-corrected chi connectivity index (χ1v) is 8.89. The van der Waals surface area contributed by atoms with Crippen LogP contribution in [0.1, 0.15) is 41.2 Å². The number of nitrogens with one attached hydrogen (secondary N) is 2. The summed E-state index contributed by atoms with van der Waals surface area (Å²) in [5.74, 6) is 0. The molecule has 21 heavy (non-hydrogen) atoms. The zero-order chi connectivity index (χ0) is 16.0. The van der Waals surface area contributed by atoms with Crippen LogP contribution in [0.2, 0.25) is 0 Å². The summed E-state index contributed by atoms with van der Waals surface area (Å²) in [5, 5.41) is 3.22. The molecular weight excluding hydrogens is 284 g/mol. The van der Waals surface area contributed by atoms with Gasteiger partial charge in [0.25, 0.3) is 0 Å². The predicted octanol–water partition coefficient (Wildman–Crippen LogP) is 2.26. The van der Waals surface area contributed by atoms with Crippen LogP contribution in [0.4, 0.5) is 0 Å². The van der Waals surface area contributed by atoms with Gasteiger partial charge in [0.05, 0.1) is 4.90 Å². The number of sulfonamides is 1. The van der Waals surface area contributed by atoms with E-state index in [2.05, 4.69) is 17.0 Å². The van der Waals surface area contributed by atoms with E-state index in [0.717, 1.165) is 35.2 Å². The van der Waals surface area contributed by atoms with Gasteiger partial charge in [0.2, 0.25) is 10.0 Å². The average Bonchev–Trinajstić information content (AvgIpc) is 2.79. The van der Waals surface area contributed by atoms with E-state index in [-0.39, 0.29) is 0 Å². The lowest BCUT2D eigenvalue weighted by Gasteiger charge is -2.26. The molecule has 4 nitrogen and oxygen atoms in total. The lowest BCUT2D eigenvalue weighted by Crippen LogP contribution is -2.47. The second kappa shape index (κ2) is 5.38. The normalized spacial score (nSPS) is 22.8. The number of hydrogen-bond acceptors (Lipinski definition) is 3. The summed E-state index contributed by atoms with van der Waals surface area (Å²) in [6.45, 7) is 13.3. The predicted molar refractivity (Wildman–Crippen MR) is 86.3 cm³/mol. The van der Waals surface area contributed by atoms with Crippen LogP contribution in [-0.2, 0) is 10.0 Å². The Labute approximate surface area is 128 Å². The summed E-state index contributed by atoms with van der Waals surface area (Å²) < 4.78 is 28.7. The molecule has 0 aliphatic carbocycles. The first kappa shape index (κ1) is 16.5. The Morgan fingerprint density at radius 2 is 1.43 bits per heavy atom. The summed E-state index contributed by atoms with van der Waals surface area (Å²) in [4.78, 5) is 0.455. The van der Waals surface area contributed by atoms with E-state index >= 15 is 0 Å². The van der Waals surface area contributed by atoms with E-state index in [0.29, 0.717) is 11.4 Å². The zero-order valence-corrected chi connectivity index (χ0v) is 14.7. The van der Waals surface area contributed by atoms with Gasteiger partial charge < -0.3 is 5.32 Å². The van der Waals surface area contributed by atoms with Crippen LogP contribution in [0, 0.1) is 34.6 Å². The lowest BCUT2D eigenvalue weighted by atomic mass is 9.95. The molecule has 0 amide bonds. The summed E-state index contributed by atoms with van der Waals surface area (Å²) in [7, 11) is -3.52. The maximum atomic E-state index is 12.9. The molecule has 0 spiro atoms. The third kappa shape index (κ3) is 2.87. The highest BCUT2D eigenvalue weighted by atomic mass is 32.2. The quantitative estimate of drug-likeness (QED) is 0.900. The van der Waals surface area contributed by atoms with Crippen LogP contribution in [0.3, 0.4) is 0 Å². The first-order valence-electron chi connectivity index (χ1n) is 7.41. The van der Waals surface area contributed by atoms with Crippen LogP contribution in [-0.4, -0.2) is 27.0 Å². The molecule has 1 aliphatic heterocycles. The molecule has 2 rings (SSSR count). The van der Waals surface area contributed by atoms with Crippen LogP contribution in [0.15, 0.2) is 4.90 Å². The fourth-order valence-electron chi connectivity index (χ4n) is 3.15. The summed E-state index contributed by atoms with van der Waals surface area (Å²) in [5.41, 5.74) is 4.62. The average molecular weight is 310 g/mol. The Morgan fingerprint density at radius 3 is 1.86 bits per heavy atom. The molecule has 0 saturated carbocycles. The monoisotopic (exact) mass is 310 g/mol. The smallest absolute Gasteiger partial charge is 0.241 e. The second-order valence-corrected chi connectivity index (χ2v) is 8.17. The highest BCUT2D eigenvalue weighted by molar-refractivity contribution is 7.89. The van der Waals surface area contributed by atoms with Crippen LogP contribution in [0.5, 0.6) is 0 Å². The SMILES string of the molecule is Cc1c(C)c(C)c(S(=O)(=O)NC2(C)CCNC2)c(C)c1C. The van der Waals surface area contributed by atoms with Crippen molar-refractivity contribution in [1.29, 1.82) is 0 Å². The number of benzene rings is 1. The molecule has 0 aromatic heterocycles. The van der Waals surface area contributed by atoms with Gasteiger partial charge in [-0.05, 0) is 82.3 Å². The maximum Gasteiger partial charge on any atom is 0.241 e. The van der Waals surface area contributed by atoms with Crippen LogP contribution < -0.4 is 10.0 Å². The second-order valence-electron chi connectivity index (χ2n) is 6.55. The van der Waals surface area contributed by atoms with Gasteiger partial charge in [-0.3, -0.25) is 0 Å². The largest absolute Gasteiger partial charge is 0.315 e. The molecule has 2 N–H and O–H groups in total. The minimum atomic E-state index is -3.52. The fraction of sp³-hybridized carbons (Fsp3) is 0.625. The molecule has 1 aliphatic rings. The third-order valence-electron chi connectivity index (χ3n) is 4.95. The Kier molecular flexibility index (Phi) is 4.21. The molecule has 1 aromatic rings. The Balaban J connectivity index is 2.55. The van der Waals surface area contributed by atoms with Crippen molar-refractivity contribution in [2.75, 3.05) is 13.1 Å². The number of hydrogen-bond donors (Lipinski definition) is 2. The van der Waals surface area contributed by atoms with Crippen molar-refractivity contribution in [3.63, 3.8) is 0 Å². The van der Waals surface area contributed by atoms with Crippen molar-refractivity contribution in [1.82, 2.24) is 10.0 Å². The van der Waals surface area contributed by atoms with Gasteiger partial charge >= 0.3 is 0 Å². The van der Waals surface area contributed by atoms with Gasteiger partial charge in [0.15, 0.2) is 0 Å². The Hall–Kier alpha value is -0.910. The molecule has 1 atom stereocenters. The molecule has 1 fully saturated rings. The van der Waals surface area contributed by atoms with Crippen molar-refractivity contribution in [3.05, 3.63) is 27.8 Å². The summed E-state index contributed by atoms with van der Waals surface area (Å²) >= 11 is 0. The third-order valence-corrected chi connectivity index (χ3v) is 6.86. The molecule has 1 saturated heterocycles. The van der Waals surface area contributed by atoms with Gasteiger partial charge in [-0.15, -0.1) is 0 Å². The highest BCUT2D eigenvalue weighted by Gasteiger charge is 2.35. The van der Waals surface area contributed by atoms with Gasteiger partial charge in [-0.25, -0.2) is 13.1 Å². The first-order chi connectivity index (χ1) is 9.59. The summed E-state index contributed by atoms with van der Waals surface area (Å²) in [6.07, 6.45) is 0.814. The van der Waals surface area contributed by atoms with E-state index in [1.165, 1.54) is 5.56 Å². The molecule has 1 heterocycles. The van der Waals surface area contributed by atoms with E-state index in [4.69, 9.17) is 0 Å². The van der Waals surface area contributed by atoms with Gasteiger partial charge in [-0.2, -0.15) is 0 Å². The fourth-order valence-corrected chi connectivity index (χ4v) is 5.19. The van der Waals surface area contributed by atoms with Crippen molar-refractivity contribution in [2.45, 2.75) is 58.4 Å². The minimum Gasteiger partial charge on any atom is -0.315 e. The van der Waals surface area contributed by atoms with E-state index in [1.54, 1.807) is 0 Å². The minimum absolute atomic E-state index is 0.398. The lowest BCUT2D eigenvalue weighted by molar-refractivity contribution is 0.451. The van der Waals surface area contributed by atoms with Gasteiger partial charge in [0.1, 0.15) is 0 Å². The molecule has 118 valence electrons. The van der Waals surface area contributed by atoms with Crippen molar-refractivity contribution in [3.8, 4) is 0 Å². The standard InChI is InChI=1S/C16H26N2O2S/c1-10-11(2)13(4)15(14(5)12(10)3)21(19,20)18-16(6)7-8-17-9-16/h17-18H,7-9H2,1-6H3. The molecule has 1 aromatic carbocycles. The van der Waals surface area contributed by atoms with Crippen LogP contribution >= 0.6 is 0 Å². The van der Waals surface area contributed by atoms with Gasteiger partial charge in [-0.1, -0.05) is 0 Å². The van der Waals surface area contributed by atoms with Crippen LogP contribution in [0.25, 0.3) is 0 Å². The van der Waals surface area contributed by atoms with Crippen molar-refractivity contribution in [2.24, 2.45) is 0 Å². The molecule has 0 radical (unpaired) electrons. The molecule has 0 bridgehead atoms. The van der Waals surface area contributed by atoms with E-state index < -0.39 is 15.6 Å².